The number of hydrogen-bond acceptors (Lipinski definition) is 2. The lowest BCUT2D eigenvalue weighted by atomic mass is 10.1. The molecule has 0 saturated heterocycles. The molecule has 16 heavy (non-hydrogen) atoms. The summed E-state index contributed by atoms with van der Waals surface area (Å²) in [5.41, 5.74) is 1.05. The largest absolute Gasteiger partial charge is 0.240 e. The fourth-order valence-corrected chi connectivity index (χ4v) is 2.23. The Hall–Kier alpha value is -0.580. The zero-order valence-electron chi connectivity index (χ0n) is 9.40. The van der Waals surface area contributed by atoms with Gasteiger partial charge in [0.2, 0.25) is 10.0 Å². The number of benzene rings is 1. The molecular formula is C11H16ClNO2S. The molecule has 90 valence electrons. The van der Waals surface area contributed by atoms with Gasteiger partial charge in [-0.1, -0.05) is 19.1 Å². The van der Waals surface area contributed by atoms with Crippen LogP contribution in [0.15, 0.2) is 29.2 Å². The summed E-state index contributed by atoms with van der Waals surface area (Å²) in [7, 11) is -1.93. The van der Waals surface area contributed by atoms with Gasteiger partial charge < -0.3 is 0 Å². The van der Waals surface area contributed by atoms with Crippen molar-refractivity contribution in [3.63, 3.8) is 0 Å². The van der Waals surface area contributed by atoms with Gasteiger partial charge in [0, 0.05) is 5.38 Å². The van der Waals surface area contributed by atoms with Crippen LogP contribution in [0.1, 0.15) is 18.9 Å². The van der Waals surface area contributed by atoms with Gasteiger partial charge in [0.25, 0.3) is 0 Å². The topological polar surface area (TPSA) is 46.2 Å². The molecule has 1 aromatic carbocycles. The monoisotopic (exact) mass is 261 g/mol. The highest BCUT2D eigenvalue weighted by atomic mass is 35.5. The van der Waals surface area contributed by atoms with Gasteiger partial charge in [-0.2, -0.15) is 0 Å². The Labute approximate surface area is 102 Å². The molecule has 0 spiro atoms. The van der Waals surface area contributed by atoms with E-state index in [1.54, 1.807) is 24.3 Å². The van der Waals surface area contributed by atoms with E-state index < -0.39 is 10.0 Å². The number of nitrogens with one attached hydrogen (secondary N) is 1. The summed E-state index contributed by atoms with van der Waals surface area (Å²) in [6.07, 6.45) is 1.66. The average molecular weight is 262 g/mol. The fraction of sp³-hybridized carbons (Fsp3) is 0.455. The molecule has 0 amide bonds. The van der Waals surface area contributed by atoms with E-state index in [2.05, 4.69) is 4.72 Å². The predicted molar refractivity (Wildman–Crippen MR) is 66.3 cm³/mol. The van der Waals surface area contributed by atoms with Crippen LogP contribution in [0.3, 0.4) is 0 Å². The van der Waals surface area contributed by atoms with Crippen molar-refractivity contribution in [1.29, 1.82) is 0 Å². The van der Waals surface area contributed by atoms with Gasteiger partial charge in [0.1, 0.15) is 0 Å². The molecule has 0 saturated carbocycles. The second-order valence-electron chi connectivity index (χ2n) is 3.56. The molecule has 0 bridgehead atoms. The summed E-state index contributed by atoms with van der Waals surface area (Å²) < 4.78 is 25.2. The third-order valence-electron chi connectivity index (χ3n) is 2.40. The minimum atomic E-state index is -3.33. The standard InChI is InChI=1S/C11H16ClNO2S/c1-3-10(12)8-9-4-6-11(7-5-9)16(14,15)13-2/h4-7,10,13H,3,8H2,1-2H3. The van der Waals surface area contributed by atoms with Crippen LogP contribution in [0.2, 0.25) is 0 Å². The van der Waals surface area contributed by atoms with Crippen molar-refractivity contribution in [2.24, 2.45) is 0 Å². The van der Waals surface area contributed by atoms with E-state index in [1.807, 2.05) is 6.92 Å². The van der Waals surface area contributed by atoms with Crippen LogP contribution in [0.25, 0.3) is 0 Å². The molecule has 0 aliphatic heterocycles. The van der Waals surface area contributed by atoms with Crippen molar-refractivity contribution in [3.8, 4) is 0 Å². The smallest absolute Gasteiger partial charge is 0.214 e. The van der Waals surface area contributed by atoms with Crippen LogP contribution in [-0.2, 0) is 16.4 Å². The first-order valence-corrected chi connectivity index (χ1v) is 7.08. The van der Waals surface area contributed by atoms with E-state index >= 15 is 0 Å². The highest BCUT2D eigenvalue weighted by molar-refractivity contribution is 7.89. The number of halogens is 1. The molecule has 0 aliphatic rings. The lowest BCUT2D eigenvalue weighted by Gasteiger charge is -2.07. The lowest BCUT2D eigenvalue weighted by Crippen LogP contribution is -2.18. The van der Waals surface area contributed by atoms with Crippen molar-refractivity contribution in [2.45, 2.75) is 30.0 Å². The van der Waals surface area contributed by atoms with Crippen LogP contribution < -0.4 is 4.72 Å². The third-order valence-corrected chi connectivity index (χ3v) is 4.30. The highest BCUT2D eigenvalue weighted by Crippen LogP contribution is 2.14. The second-order valence-corrected chi connectivity index (χ2v) is 6.06. The Balaban J connectivity index is 2.84. The Morgan fingerprint density at radius 1 is 1.31 bits per heavy atom. The first kappa shape index (κ1) is 13.5. The number of rotatable bonds is 5. The first-order valence-electron chi connectivity index (χ1n) is 5.16. The van der Waals surface area contributed by atoms with E-state index in [4.69, 9.17) is 11.6 Å². The molecule has 1 atom stereocenters. The van der Waals surface area contributed by atoms with Crippen LogP contribution in [-0.4, -0.2) is 20.8 Å². The molecule has 1 N–H and O–H groups in total. The zero-order valence-corrected chi connectivity index (χ0v) is 11.0. The number of hydrogen-bond donors (Lipinski definition) is 1. The second kappa shape index (κ2) is 5.66. The quantitative estimate of drug-likeness (QED) is 0.826. The molecule has 0 aromatic heterocycles. The van der Waals surface area contributed by atoms with Gasteiger partial charge in [0.05, 0.1) is 4.90 Å². The van der Waals surface area contributed by atoms with Crippen LogP contribution >= 0.6 is 11.6 Å². The zero-order chi connectivity index (χ0) is 12.2. The Morgan fingerprint density at radius 2 is 1.88 bits per heavy atom. The van der Waals surface area contributed by atoms with Gasteiger partial charge in [-0.25, -0.2) is 13.1 Å². The van der Waals surface area contributed by atoms with E-state index in [0.717, 1.165) is 18.4 Å². The normalized spacial score (nSPS) is 13.7. The SMILES string of the molecule is CCC(Cl)Cc1ccc(S(=O)(=O)NC)cc1. The van der Waals surface area contributed by atoms with Crippen molar-refractivity contribution in [1.82, 2.24) is 4.72 Å². The third kappa shape index (κ3) is 3.47. The maximum atomic E-state index is 11.5. The molecule has 0 radical (unpaired) electrons. The summed E-state index contributed by atoms with van der Waals surface area (Å²) in [5.74, 6) is 0. The van der Waals surface area contributed by atoms with Gasteiger partial charge in [-0.05, 0) is 37.6 Å². The van der Waals surface area contributed by atoms with Crippen molar-refractivity contribution in [2.75, 3.05) is 7.05 Å². The molecular weight excluding hydrogens is 246 g/mol. The van der Waals surface area contributed by atoms with E-state index in [-0.39, 0.29) is 10.3 Å². The molecule has 1 rings (SSSR count). The van der Waals surface area contributed by atoms with Crippen LogP contribution in [0.5, 0.6) is 0 Å². The molecule has 1 aromatic rings. The molecule has 3 nitrogen and oxygen atoms in total. The van der Waals surface area contributed by atoms with Crippen LogP contribution in [0.4, 0.5) is 0 Å². The van der Waals surface area contributed by atoms with Gasteiger partial charge in [-0.3, -0.25) is 0 Å². The van der Waals surface area contributed by atoms with Crippen molar-refractivity contribution < 1.29 is 8.42 Å². The molecule has 0 aliphatic carbocycles. The maximum absolute atomic E-state index is 11.5. The average Bonchev–Trinajstić information content (AvgIpc) is 2.29. The van der Waals surface area contributed by atoms with Gasteiger partial charge >= 0.3 is 0 Å². The summed E-state index contributed by atoms with van der Waals surface area (Å²) >= 11 is 6.03. The Bertz CT molecular complexity index is 428. The predicted octanol–water partition coefficient (Wildman–Crippen LogP) is 2.15. The molecule has 1 unspecified atom stereocenters. The summed E-state index contributed by atoms with van der Waals surface area (Å²) in [6.45, 7) is 2.03. The molecule has 5 heteroatoms. The summed E-state index contributed by atoms with van der Waals surface area (Å²) in [6, 6.07) is 6.80. The Morgan fingerprint density at radius 3 is 2.31 bits per heavy atom. The van der Waals surface area contributed by atoms with Crippen molar-refractivity contribution in [3.05, 3.63) is 29.8 Å². The molecule has 0 heterocycles. The summed E-state index contributed by atoms with van der Waals surface area (Å²) in [5, 5.41) is 0.103. The van der Waals surface area contributed by atoms with E-state index in [1.165, 1.54) is 7.05 Å². The minimum absolute atomic E-state index is 0.103. The highest BCUT2D eigenvalue weighted by Gasteiger charge is 2.11. The minimum Gasteiger partial charge on any atom is -0.214 e. The van der Waals surface area contributed by atoms with Crippen molar-refractivity contribution >= 4 is 21.6 Å². The van der Waals surface area contributed by atoms with Crippen LogP contribution in [0, 0.1) is 0 Å². The number of sulfonamides is 1. The number of alkyl halides is 1. The Kier molecular flexibility index (Phi) is 4.77. The molecule has 0 fully saturated rings. The van der Waals surface area contributed by atoms with Gasteiger partial charge in [-0.15, -0.1) is 11.6 Å². The lowest BCUT2D eigenvalue weighted by molar-refractivity contribution is 0.588. The van der Waals surface area contributed by atoms with Gasteiger partial charge in [0.15, 0.2) is 0 Å². The maximum Gasteiger partial charge on any atom is 0.240 e. The fourth-order valence-electron chi connectivity index (χ4n) is 1.32. The van der Waals surface area contributed by atoms with E-state index in [9.17, 15) is 8.42 Å². The summed E-state index contributed by atoms with van der Waals surface area (Å²) in [4.78, 5) is 0.279. The van der Waals surface area contributed by atoms with E-state index in [0.29, 0.717) is 0 Å². The first-order chi connectivity index (χ1) is 7.49.